The first-order chi connectivity index (χ1) is 13.1. The molecule has 1 amide bonds. The Bertz CT molecular complexity index is 897. The number of nitrogens with one attached hydrogen (secondary N) is 1. The van der Waals surface area contributed by atoms with Crippen molar-refractivity contribution >= 4 is 21.6 Å². The molecule has 0 saturated heterocycles. The van der Waals surface area contributed by atoms with Crippen LogP contribution in [0.4, 0.5) is 10.1 Å². The SMILES string of the molecule is COc1ccc(S(=O)(=O)N(CC(=O)NC(C)C(C)C)c2ccc(F)cc2)cc1. The number of rotatable bonds is 8. The lowest BCUT2D eigenvalue weighted by Gasteiger charge is -2.26. The van der Waals surface area contributed by atoms with Crippen LogP contribution >= 0.6 is 0 Å². The van der Waals surface area contributed by atoms with Crippen molar-refractivity contribution in [1.82, 2.24) is 5.32 Å². The minimum Gasteiger partial charge on any atom is -0.497 e. The summed E-state index contributed by atoms with van der Waals surface area (Å²) < 4.78 is 45.7. The van der Waals surface area contributed by atoms with Crippen LogP contribution in [-0.2, 0) is 14.8 Å². The van der Waals surface area contributed by atoms with E-state index in [0.717, 1.165) is 16.4 Å². The number of carbonyl (C=O) groups is 1. The zero-order valence-corrected chi connectivity index (χ0v) is 17.2. The first-order valence-corrected chi connectivity index (χ1v) is 10.3. The van der Waals surface area contributed by atoms with Crippen molar-refractivity contribution in [3.63, 3.8) is 0 Å². The molecule has 0 aromatic heterocycles. The molecule has 0 spiro atoms. The number of benzene rings is 2. The van der Waals surface area contributed by atoms with Gasteiger partial charge in [-0.25, -0.2) is 12.8 Å². The van der Waals surface area contributed by atoms with Gasteiger partial charge in [0, 0.05) is 6.04 Å². The summed E-state index contributed by atoms with van der Waals surface area (Å²) in [4.78, 5) is 12.5. The Hall–Kier alpha value is -2.61. The third kappa shape index (κ3) is 5.22. The van der Waals surface area contributed by atoms with Gasteiger partial charge in [0.1, 0.15) is 18.1 Å². The topological polar surface area (TPSA) is 75.7 Å². The fraction of sp³-hybridized carbons (Fsp3) is 0.350. The molecule has 0 radical (unpaired) electrons. The molecule has 0 aliphatic rings. The van der Waals surface area contributed by atoms with E-state index in [-0.39, 0.29) is 22.5 Å². The van der Waals surface area contributed by atoms with Gasteiger partial charge in [-0.3, -0.25) is 9.10 Å². The summed E-state index contributed by atoms with van der Waals surface area (Å²) in [5.41, 5.74) is 0.199. The lowest BCUT2D eigenvalue weighted by atomic mass is 10.1. The summed E-state index contributed by atoms with van der Waals surface area (Å²) in [6.45, 7) is 5.34. The van der Waals surface area contributed by atoms with Crippen LogP contribution in [0.5, 0.6) is 5.75 Å². The molecule has 2 aromatic carbocycles. The molecule has 0 fully saturated rings. The van der Waals surface area contributed by atoms with Crippen molar-refractivity contribution in [3.8, 4) is 5.75 Å². The van der Waals surface area contributed by atoms with Gasteiger partial charge >= 0.3 is 0 Å². The second-order valence-electron chi connectivity index (χ2n) is 6.76. The van der Waals surface area contributed by atoms with Gasteiger partial charge in [0.2, 0.25) is 5.91 Å². The fourth-order valence-corrected chi connectivity index (χ4v) is 3.81. The van der Waals surface area contributed by atoms with E-state index in [9.17, 15) is 17.6 Å². The van der Waals surface area contributed by atoms with Crippen molar-refractivity contribution < 1.29 is 22.3 Å². The second-order valence-corrected chi connectivity index (χ2v) is 8.63. The summed E-state index contributed by atoms with van der Waals surface area (Å²) in [6.07, 6.45) is 0. The van der Waals surface area contributed by atoms with Gasteiger partial charge in [-0.2, -0.15) is 0 Å². The van der Waals surface area contributed by atoms with Gasteiger partial charge in [-0.15, -0.1) is 0 Å². The van der Waals surface area contributed by atoms with E-state index in [1.165, 1.54) is 43.5 Å². The highest BCUT2D eigenvalue weighted by Crippen LogP contribution is 2.25. The highest BCUT2D eigenvalue weighted by atomic mass is 32.2. The first-order valence-electron chi connectivity index (χ1n) is 8.87. The van der Waals surface area contributed by atoms with Gasteiger partial charge in [0.05, 0.1) is 17.7 Å². The minimum absolute atomic E-state index is 0.00216. The van der Waals surface area contributed by atoms with Gasteiger partial charge < -0.3 is 10.1 Å². The van der Waals surface area contributed by atoms with E-state index < -0.39 is 28.3 Å². The third-order valence-electron chi connectivity index (χ3n) is 4.44. The zero-order chi connectivity index (χ0) is 20.9. The summed E-state index contributed by atoms with van der Waals surface area (Å²) in [5, 5.41) is 2.79. The van der Waals surface area contributed by atoms with E-state index in [2.05, 4.69) is 5.32 Å². The number of amides is 1. The quantitative estimate of drug-likeness (QED) is 0.728. The molecular weight excluding hydrogens is 383 g/mol. The number of hydrogen-bond acceptors (Lipinski definition) is 4. The standard InChI is InChI=1S/C20H25FN2O4S/c1-14(2)15(3)22-20(24)13-23(17-7-5-16(21)6-8-17)28(25,26)19-11-9-18(27-4)10-12-19/h5-12,14-15H,13H2,1-4H3,(H,22,24). The molecule has 0 heterocycles. The molecule has 1 unspecified atom stereocenters. The Balaban J connectivity index is 2.39. The van der Waals surface area contributed by atoms with Gasteiger partial charge in [0.15, 0.2) is 0 Å². The molecule has 0 aliphatic heterocycles. The first kappa shape index (κ1) is 21.7. The summed E-state index contributed by atoms with van der Waals surface area (Å²) in [6, 6.07) is 10.7. The van der Waals surface area contributed by atoms with E-state index >= 15 is 0 Å². The third-order valence-corrected chi connectivity index (χ3v) is 6.23. The Morgan fingerprint density at radius 2 is 1.64 bits per heavy atom. The van der Waals surface area contributed by atoms with Crippen molar-refractivity contribution in [3.05, 3.63) is 54.3 Å². The summed E-state index contributed by atoms with van der Waals surface area (Å²) in [7, 11) is -2.57. The van der Waals surface area contributed by atoms with Crippen LogP contribution < -0.4 is 14.4 Å². The maximum Gasteiger partial charge on any atom is 0.264 e. The molecule has 28 heavy (non-hydrogen) atoms. The Morgan fingerprint density at radius 1 is 1.07 bits per heavy atom. The lowest BCUT2D eigenvalue weighted by molar-refractivity contribution is -0.120. The van der Waals surface area contributed by atoms with Crippen LogP contribution in [0.3, 0.4) is 0 Å². The molecule has 0 aliphatic carbocycles. The Labute approximate surface area is 165 Å². The number of sulfonamides is 1. The predicted octanol–water partition coefficient (Wildman–Crippen LogP) is 3.19. The number of ether oxygens (including phenoxy) is 1. The monoisotopic (exact) mass is 408 g/mol. The second kappa shape index (κ2) is 9.05. The van der Waals surface area contributed by atoms with Crippen molar-refractivity contribution in [2.75, 3.05) is 18.0 Å². The van der Waals surface area contributed by atoms with E-state index in [1.54, 1.807) is 0 Å². The minimum atomic E-state index is -4.05. The molecule has 0 bridgehead atoms. The Kier molecular flexibility index (Phi) is 7.01. The van der Waals surface area contributed by atoms with E-state index in [1.807, 2.05) is 20.8 Å². The molecular formula is C20H25FN2O4S. The van der Waals surface area contributed by atoms with Gasteiger partial charge in [0.25, 0.3) is 10.0 Å². The van der Waals surface area contributed by atoms with E-state index in [4.69, 9.17) is 4.74 Å². The number of methoxy groups -OCH3 is 1. The normalized spacial score (nSPS) is 12.5. The van der Waals surface area contributed by atoms with Crippen molar-refractivity contribution in [1.29, 1.82) is 0 Å². The number of carbonyl (C=O) groups excluding carboxylic acids is 1. The molecule has 0 saturated carbocycles. The summed E-state index contributed by atoms with van der Waals surface area (Å²) >= 11 is 0. The lowest BCUT2D eigenvalue weighted by Crippen LogP contribution is -2.45. The van der Waals surface area contributed by atoms with Crippen LogP contribution in [0.2, 0.25) is 0 Å². The van der Waals surface area contributed by atoms with Crippen LogP contribution in [0, 0.1) is 11.7 Å². The average molecular weight is 408 g/mol. The molecule has 6 nitrogen and oxygen atoms in total. The van der Waals surface area contributed by atoms with Crippen LogP contribution in [0.25, 0.3) is 0 Å². The highest BCUT2D eigenvalue weighted by Gasteiger charge is 2.28. The van der Waals surface area contributed by atoms with Crippen molar-refractivity contribution in [2.45, 2.75) is 31.7 Å². The number of halogens is 1. The zero-order valence-electron chi connectivity index (χ0n) is 16.3. The highest BCUT2D eigenvalue weighted by molar-refractivity contribution is 7.92. The molecule has 152 valence electrons. The summed E-state index contributed by atoms with van der Waals surface area (Å²) in [5.74, 6) is -0.233. The number of hydrogen-bond donors (Lipinski definition) is 1. The molecule has 2 rings (SSSR count). The maximum absolute atomic E-state index is 13.3. The average Bonchev–Trinajstić information content (AvgIpc) is 2.66. The largest absolute Gasteiger partial charge is 0.497 e. The maximum atomic E-state index is 13.3. The predicted molar refractivity (Wildman–Crippen MR) is 106 cm³/mol. The molecule has 2 aromatic rings. The van der Waals surface area contributed by atoms with Gasteiger partial charge in [-0.1, -0.05) is 13.8 Å². The fourth-order valence-electron chi connectivity index (χ4n) is 2.39. The molecule has 1 N–H and O–H groups in total. The van der Waals surface area contributed by atoms with Crippen LogP contribution in [0.1, 0.15) is 20.8 Å². The van der Waals surface area contributed by atoms with E-state index in [0.29, 0.717) is 5.75 Å². The smallest absolute Gasteiger partial charge is 0.264 e. The molecule has 1 atom stereocenters. The van der Waals surface area contributed by atoms with Crippen molar-refractivity contribution in [2.24, 2.45) is 5.92 Å². The van der Waals surface area contributed by atoms with Gasteiger partial charge in [-0.05, 0) is 61.4 Å². The number of nitrogens with zero attached hydrogens (tertiary/aromatic N) is 1. The Morgan fingerprint density at radius 3 is 2.14 bits per heavy atom. The number of anilines is 1. The molecule has 8 heteroatoms. The van der Waals surface area contributed by atoms with Crippen LogP contribution in [0.15, 0.2) is 53.4 Å². The van der Waals surface area contributed by atoms with Crippen LogP contribution in [-0.4, -0.2) is 34.0 Å².